The van der Waals surface area contributed by atoms with Crippen molar-refractivity contribution in [3.8, 4) is 5.75 Å². The smallest absolute Gasteiger partial charge is 0.405 e. The number of nitrogens with zero attached hydrogens (tertiary/aromatic N) is 1. The Morgan fingerprint density at radius 2 is 2.05 bits per heavy atom. The van der Waals surface area contributed by atoms with Gasteiger partial charge in [0.15, 0.2) is 0 Å². The first kappa shape index (κ1) is 16.1. The van der Waals surface area contributed by atoms with Crippen molar-refractivity contribution in [2.45, 2.75) is 32.3 Å². The molecule has 0 spiro atoms. The number of ether oxygens (including phenoxy) is 1. The molecule has 1 N–H and O–H groups in total. The van der Waals surface area contributed by atoms with E-state index in [1.54, 1.807) is 18.2 Å². The Labute approximate surface area is 123 Å². The number of piperidine rings is 1. The second kappa shape index (κ2) is 6.66. The van der Waals surface area contributed by atoms with Crippen LogP contribution < -0.4 is 10.1 Å². The van der Waals surface area contributed by atoms with Crippen molar-refractivity contribution in [1.29, 1.82) is 0 Å². The Bertz CT molecular complexity index is 464. The maximum Gasteiger partial charge on any atom is 0.573 e. The van der Waals surface area contributed by atoms with Crippen molar-refractivity contribution in [3.05, 3.63) is 29.8 Å². The van der Waals surface area contributed by atoms with Crippen molar-refractivity contribution < 1.29 is 17.9 Å². The lowest BCUT2D eigenvalue weighted by molar-refractivity contribution is -0.274. The van der Waals surface area contributed by atoms with Crippen LogP contribution in [0.4, 0.5) is 13.2 Å². The van der Waals surface area contributed by atoms with Crippen molar-refractivity contribution in [2.75, 3.05) is 20.1 Å². The van der Waals surface area contributed by atoms with E-state index in [-0.39, 0.29) is 5.75 Å². The Morgan fingerprint density at radius 1 is 1.33 bits per heavy atom. The largest absolute Gasteiger partial charge is 0.573 e. The molecule has 1 aliphatic rings. The lowest BCUT2D eigenvalue weighted by Gasteiger charge is -2.35. The van der Waals surface area contributed by atoms with E-state index < -0.39 is 6.36 Å². The van der Waals surface area contributed by atoms with Gasteiger partial charge < -0.3 is 15.0 Å². The van der Waals surface area contributed by atoms with Crippen LogP contribution in [-0.2, 0) is 6.54 Å². The summed E-state index contributed by atoms with van der Waals surface area (Å²) in [5.41, 5.74) is 0.529. The number of halogens is 3. The van der Waals surface area contributed by atoms with Crippen LogP contribution >= 0.6 is 0 Å². The van der Waals surface area contributed by atoms with Crippen LogP contribution in [0.5, 0.6) is 5.75 Å². The summed E-state index contributed by atoms with van der Waals surface area (Å²) in [6, 6.07) is 6.59. The molecule has 1 heterocycles. The number of rotatable bonds is 4. The topological polar surface area (TPSA) is 24.5 Å². The number of likely N-dealkylation sites (tertiary alicyclic amines) is 1. The first-order valence-electron chi connectivity index (χ1n) is 7.11. The minimum atomic E-state index is -4.66. The molecule has 0 amide bonds. The van der Waals surface area contributed by atoms with E-state index in [1.165, 1.54) is 6.07 Å². The van der Waals surface area contributed by atoms with Crippen LogP contribution in [0.15, 0.2) is 24.3 Å². The van der Waals surface area contributed by atoms with Gasteiger partial charge in [0.1, 0.15) is 5.75 Å². The maximum atomic E-state index is 12.4. The second-order valence-corrected chi connectivity index (χ2v) is 5.67. The molecule has 1 fully saturated rings. The number of hydrogen-bond acceptors (Lipinski definition) is 3. The highest BCUT2D eigenvalue weighted by atomic mass is 19.4. The zero-order valence-corrected chi connectivity index (χ0v) is 12.3. The Balaban J connectivity index is 1.97. The van der Waals surface area contributed by atoms with E-state index >= 15 is 0 Å². The van der Waals surface area contributed by atoms with Crippen molar-refractivity contribution in [2.24, 2.45) is 5.92 Å². The SMILES string of the molecule is CC1CN(C)CCC1NCc1ccccc1OC(F)(F)F. The lowest BCUT2D eigenvalue weighted by Crippen LogP contribution is -2.46. The summed E-state index contributed by atoms with van der Waals surface area (Å²) in [6.45, 7) is 4.54. The van der Waals surface area contributed by atoms with Gasteiger partial charge in [-0.25, -0.2) is 0 Å². The molecule has 0 bridgehead atoms. The van der Waals surface area contributed by atoms with Gasteiger partial charge in [0.05, 0.1) is 0 Å². The molecule has 118 valence electrons. The van der Waals surface area contributed by atoms with Crippen molar-refractivity contribution in [3.63, 3.8) is 0 Å². The fourth-order valence-electron chi connectivity index (χ4n) is 2.77. The van der Waals surface area contributed by atoms with E-state index in [2.05, 4.69) is 28.9 Å². The first-order chi connectivity index (χ1) is 9.85. The summed E-state index contributed by atoms with van der Waals surface area (Å²) in [7, 11) is 2.08. The average Bonchev–Trinajstić information content (AvgIpc) is 2.37. The van der Waals surface area contributed by atoms with Gasteiger partial charge in [-0.05, 0) is 32.0 Å². The van der Waals surface area contributed by atoms with Gasteiger partial charge in [0.25, 0.3) is 0 Å². The molecule has 6 heteroatoms. The van der Waals surface area contributed by atoms with Crippen LogP contribution in [-0.4, -0.2) is 37.4 Å². The fraction of sp³-hybridized carbons (Fsp3) is 0.600. The average molecular weight is 302 g/mol. The molecule has 2 rings (SSSR count). The molecule has 0 aliphatic carbocycles. The molecule has 1 aromatic rings. The molecule has 1 saturated heterocycles. The molecule has 1 aromatic carbocycles. The molecule has 0 radical (unpaired) electrons. The van der Waals surface area contributed by atoms with Gasteiger partial charge in [0.2, 0.25) is 0 Å². The summed E-state index contributed by atoms with van der Waals surface area (Å²) in [5.74, 6) is 0.345. The van der Waals surface area contributed by atoms with E-state index in [0.29, 0.717) is 24.1 Å². The third kappa shape index (κ3) is 4.89. The highest BCUT2D eigenvalue weighted by molar-refractivity contribution is 5.33. The molecule has 21 heavy (non-hydrogen) atoms. The van der Waals surface area contributed by atoms with Crippen LogP contribution in [0.2, 0.25) is 0 Å². The van der Waals surface area contributed by atoms with Crippen LogP contribution in [0, 0.1) is 5.92 Å². The van der Waals surface area contributed by atoms with Crippen LogP contribution in [0.1, 0.15) is 18.9 Å². The summed E-state index contributed by atoms with van der Waals surface area (Å²) >= 11 is 0. The maximum absolute atomic E-state index is 12.4. The van der Waals surface area contributed by atoms with E-state index in [1.807, 2.05) is 0 Å². The summed E-state index contributed by atoms with van der Waals surface area (Å²) in [6.07, 6.45) is -3.66. The minimum Gasteiger partial charge on any atom is -0.405 e. The van der Waals surface area contributed by atoms with Crippen LogP contribution in [0.25, 0.3) is 0 Å². The summed E-state index contributed by atoms with van der Waals surface area (Å²) in [4.78, 5) is 2.27. The zero-order chi connectivity index (χ0) is 15.5. The molecule has 0 aromatic heterocycles. The number of benzene rings is 1. The molecule has 0 saturated carbocycles. The molecule has 1 aliphatic heterocycles. The second-order valence-electron chi connectivity index (χ2n) is 5.67. The predicted octanol–water partition coefficient (Wildman–Crippen LogP) is 3.02. The lowest BCUT2D eigenvalue weighted by atomic mass is 9.94. The molecular formula is C15H21F3N2O. The van der Waals surface area contributed by atoms with Gasteiger partial charge in [-0.1, -0.05) is 25.1 Å². The third-order valence-corrected chi connectivity index (χ3v) is 3.86. The number of alkyl halides is 3. The number of nitrogens with one attached hydrogen (secondary N) is 1. The first-order valence-corrected chi connectivity index (χ1v) is 7.11. The van der Waals surface area contributed by atoms with Gasteiger partial charge >= 0.3 is 6.36 Å². The molecule has 2 atom stereocenters. The van der Waals surface area contributed by atoms with Crippen molar-refractivity contribution >= 4 is 0 Å². The zero-order valence-electron chi connectivity index (χ0n) is 12.3. The highest BCUT2D eigenvalue weighted by Crippen LogP contribution is 2.26. The molecule has 2 unspecified atom stereocenters. The van der Waals surface area contributed by atoms with Crippen LogP contribution in [0.3, 0.4) is 0 Å². The van der Waals surface area contributed by atoms with E-state index in [0.717, 1.165) is 19.5 Å². The van der Waals surface area contributed by atoms with Crippen molar-refractivity contribution in [1.82, 2.24) is 10.2 Å². The minimum absolute atomic E-state index is 0.127. The standard InChI is InChI=1S/C15H21F3N2O/c1-11-10-20(2)8-7-13(11)19-9-12-5-3-4-6-14(12)21-15(16,17)18/h3-6,11,13,19H,7-10H2,1-2H3. The van der Waals surface area contributed by atoms with Gasteiger partial charge in [-0.2, -0.15) is 0 Å². The molecule has 3 nitrogen and oxygen atoms in total. The van der Waals surface area contributed by atoms with E-state index in [9.17, 15) is 13.2 Å². The Morgan fingerprint density at radius 3 is 2.71 bits per heavy atom. The van der Waals surface area contributed by atoms with Gasteiger partial charge in [0, 0.05) is 24.7 Å². The Kier molecular flexibility index (Phi) is 5.11. The monoisotopic (exact) mass is 302 g/mol. The van der Waals surface area contributed by atoms with Gasteiger partial charge in [-0.3, -0.25) is 0 Å². The Hall–Kier alpha value is -1.27. The predicted molar refractivity (Wildman–Crippen MR) is 75.0 cm³/mol. The number of hydrogen-bond donors (Lipinski definition) is 1. The molecular weight excluding hydrogens is 281 g/mol. The van der Waals surface area contributed by atoms with Gasteiger partial charge in [-0.15, -0.1) is 13.2 Å². The van der Waals surface area contributed by atoms with E-state index in [4.69, 9.17) is 0 Å². The summed E-state index contributed by atoms with van der Waals surface area (Å²) < 4.78 is 41.2. The summed E-state index contributed by atoms with van der Waals surface area (Å²) in [5, 5.41) is 3.36. The highest BCUT2D eigenvalue weighted by Gasteiger charge is 2.32. The quantitative estimate of drug-likeness (QED) is 0.925. The fourth-order valence-corrected chi connectivity index (χ4v) is 2.77. The normalized spacial score (nSPS) is 24.0. The number of para-hydroxylation sites is 1. The third-order valence-electron chi connectivity index (χ3n) is 3.86.